The summed E-state index contributed by atoms with van der Waals surface area (Å²) in [6.45, 7) is 3.72. The molecule has 0 saturated heterocycles. The summed E-state index contributed by atoms with van der Waals surface area (Å²) in [6, 6.07) is 0. The quantitative estimate of drug-likeness (QED) is 0.906. The minimum atomic E-state index is -0.284. The van der Waals surface area contributed by atoms with E-state index < -0.39 is 0 Å². The van der Waals surface area contributed by atoms with Crippen molar-refractivity contribution in [2.45, 2.75) is 32.1 Å². The van der Waals surface area contributed by atoms with Crippen molar-refractivity contribution in [2.24, 2.45) is 0 Å². The molecule has 3 rings (SSSR count). The van der Waals surface area contributed by atoms with Gasteiger partial charge in [0.15, 0.2) is 11.7 Å². The van der Waals surface area contributed by atoms with E-state index >= 15 is 0 Å². The minimum Gasteiger partial charge on any atom is -0.283 e. The van der Waals surface area contributed by atoms with Crippen molar-refractivity contribution in [2.75, 3.05) is 4.90 Å². The van der Waals surface area contributed by atoms with Crippen LogP contribution in [0.5, 0.6) is 0 Å². The molecule has 1 fully saturated rings. The zero-order valence-electron chi connectivity index (χ0n) is 9.95. The number of amides is 1. The SMILES string of the molecule is CC1=C(Cl)C(=N)N(c2nc(C3(C)CC3)ns2)C1=O. The van der Waals surface area contributed by atoms with E-state index in [0.717, 1.165) is 30.2 Å². The van der Waals surface area contributed by atoms with Crippen LogP contribution in [0.1, 0.15) is 32.5 Å². The summed E-state index contributed by atoms with van der Waals surface area (Å²) >= 11 is 7.05. The van der Waals surface area contributed by atoms with Crippen molar-refractivity contribution in [3.05, 3.63) is 16.4 Å². The second-order valence-corrected chi connectivity index (χ2v) is 6.00. The second-order valence-electron chi connectivity index (χ2n) is 4.89. The molecule has 1 N–H and O–H groups in total. The summed E-state index contributed by atoms with van der Waals surface area (Å²) in [5.74, 6) is 0.472. The highest BCUT2D eigenvalue weighted by molar-refractivity contribution is 7.10. The Morgan fingerprint density at radius 2 is 2.17 bits per heavy atom. The van der Waals surface area contributed by atoms with E-state index in [-0.39, 0.29) is 22.2 Å². The highest BCUT2D eigenvalue weighted by Crippen LogP contribution is 2.47. The molecule has 1 aliphatic heterocycles. The predicted molar refractivity (Wildman–Crippen MR) is 70.3 cm³/mol. The topological polar surface area (TPSA) is 69.9 Å². The van der Waals surface area contributed by atoms with Gasteiger partial charge in [-0.1, -0.05) is 18.5 Å². The van der Waals surface area contributed by atoms with Gasteiger partial charge in [-0.25, -0.2) is 9.88 Å². The van der Waals surface area contributed by atoms with Crippen LogP contribution in [0.3, 0.4) is 0 Å². The van der Waals surface area contributed by atoms with Crippen LogP contribution < -0.4 is 4.90 Å². The first-order valence-electron chi connectivity index (χ1n) is 5.58. The number of halogens is 1. The van der Waals surface area contributed by atoms with E-state index in [4.69, 9.17) is 17.0 Å². The Morgan fingerprint density at radius 1 is 1.50 bits per heavy atom. The number of anilines is 1. The number of nitrogens with one attached hydrogen (secondary N) is 1. The van der Waals surface area contributed by atoms with Gasteiger partial charge in [0.2, 0.25) is 5.13 Å². The number of rotatable bonds is 2. The lowest BCUT2D eigenvalue weighted by Crippen LogP contribution is -2.30. The number of nitrogens with zero attached hydrogens (tertiary/aromatic N) is 3. The highest BCUT2D eigenvalue weighted by atomic mass is 35.5. The first-order valence-corrected chi connectivity index (χ1v) is 6.73. The van der Waals surface area contributed by atoms with E-state index in [2.05, 4.69) is 16.3 Å². The molecule has 7 heteroatoms. The van der Waals surface area contributed by atoms with Crippen molar-refractivity contribution in [1.29, 1.82) is 5.41 Å². The molecule has 2 heterocycles. The van der Waals surface area contributed by atoms with Gasteiger partial charge >= 0.3 is 0 Å². The van der Waals surface area contributed by atoms with Gasteiger partial charge < -0.3 is 0 Å². The maximum absolute atomic E-state index is 12.0. The van der Waals surface area contributed by atoms with E-state index in [1.54, 1.807) is 6.92 Å². The van der Waals surface area contributed by atoms with Crippen LogP contribution in [-0.4, -0.2) is 21.1 Å². The Kier molecular flexibility index (Phi) is 2.37. The molecule has 1 aliphatic carbocycles. The molecular formula is C11H11ClN4OS. The van der Waals surface area contributed by atoms with Gasteiger partial charge in [0.1, 0.15) is 0 Å². The fourth-order valence-electron chi connectivity index (χ4n) is 1.78. The lowest BCUT2D eigenvalue weighted by molar-refractivity contribution is -0.113. The average Bonchev–Trinajstić information content (AvgIpc) is 2.85. The summed E-state index contributed by atoms with van der Waals surface area (Å²) in [7, 11) is 0. The summed E-state index contributed by atoms with van der Waals surface area (Å²) in [5.41, 5.74) is 0.447. The van der Waals surface area contributed by atoms with Crippen LogP contribution in [0.25, 0.3) is 0 Å². The van der Waals surface area contributed by atoms with E-state index in [9.17, 15) is 4.79 Å². The summed E-state index contributed by atoms with van der Waals surface area (Å²) in [5, 5.41) is 8.47. The fraction of sp³-hybridized carbons (Fsp3) is 0.455. The van der Waals surface area contributed by atoms with Gasteiger partial charge in [-0.3, -0.25) is 10.2 Å². The Labute approximate surface area is 113 Å². The van der Waals surface area contributed by atoms with Gasteiger partial charge in [0.25, 0.3) is 5.91 Å². The van der Waals surface area contributed by atoms with Gasteiger partial charge in [-0.05, 0) is 19.8 Å². The first-order chi connectivity index (χ1) is 8.44. The zero-order valence-corrected chi connectivity index (χ0v) is 11.5. The van der Waals surface area contributed by atoms with Gasteiger partial charge in [0, 0.05) is 22.5 Å². The van der Waals surface area contributed by atoms with Gasteiger partial charge in [-0.2, -0.15) is 4.37 Å². The highest BCUT2D eigenvalue weighted by Gasteiger charge is 2.44. The van der Waals surface area contributed by atoms with Crippen LogP contribution in [0.15, 0.2) is 10.6 Å². The number of amidine groups is 1. The van der Waals surface area contributed by atoms with Crippen molar-refractivity contribution in [3.8, 4) is 0 Å². The molecule has 0 atom stereocenters. The van der Waals surface area contributed by atoms with Crippen LogP contribution >= 0.6 is 23.1 Å². The molecule has 18 heavy (non-hydrogen) atoms. The third kappa shape index (κ3) is 1.52. The van der Waals surface area contributed by atoms with Crippen molar-refractivity contribution in [1.82, 2.24) is 9.36 Å². The standard InChI is InChI=1S/C11H11ClN4OS/c1-5-6(12)7(13)16(8(5)17)10-14-9(15-18-10)11(2)3-4-11/h13H,3-4H2,1-2H3. The minimum absolute atomic E-state index is 0.0113. The molecule has 1 amide bonds. The van der Waals surface area contributed by atoms with Crippen LogP contribution in [0.4, 0.5) is 5.13 Å². The molecule has 94 valence electrons. The fourth-order valence-corrected chi connectivity index (χ4v) is 2.76. The normalized spacial score (nSPS) is 22.1. The number of hydrogen-bond donors (Lipinski definition) is 1. The number of hydrogen-bond acceptors (Lipinski definition) is 5. The molecule has 1 aromatic heterocycles. The summed E-state index contributed by atoms with van der Waals surface area (Å²) in [6.07, 6.45) is 2.15. The van der Waals surface area contributed by atoms with Crippen LogP contribution in [0, 0.1) is 5.41 Å². The predicted octanol–water partition coefficient (Wildman–Crippen LogP) is 2.43. The average molecular weight is 283 g/mol. The zero-order chi connectivity index (χ0) is 13.1. The molecule has 0 aromatic carbocycles. The number of carbonyl (C=O) groups is 1. The van der Waals surface area contributed by atoms with Gasteiger partial charge in [0.05, 0.1) is 5.03 Å². The van der Waals surface area contributed by atoms with E-state index in [1.165, 1.54) is 4.90 Å². The largest absolute Gasteiger partial charge is 0.283 e. The summed E-state index contributed by atoms with van der Waals surface area (Å²) in [4.78, 5) is 17.6. The lowest BCUT2D eigenvalue weighted by atomic mass is 10.1. The van der Waals surface area contributed by atoms with Crippen LogP contribution in [0.2, 0.25) is 0 Å². The maximum atomic E-state index is 12.0. The first kappa shape index (κ1) is 11.8. The van der Waals surface area contributed by atoms with E-state index in [1.807, 2.05) is 0 Å². The van der Waals surface area contributed by atoms with E-state index in [0.29, 0.717) is 10.7 Å². The van der Waals surface area contributed by atoms with Crippen LogP contribution in [-0.2, 0) is 10.2 Å². The Bertz CT molecular complexity index is 578. The number of aromatic nitrogens is 2. The third-order valence-corrected chi connectivity index (χ3v) is 4.59. The lowest BCUT2D eigenvalue weighted by Gasteiger charge is -2.11. The molecule has 1 aromatic rings. The molecule has 0 spiro atoms. The third-order valence-electron chi connectivity index (χ3n) is 3.43. The molecule has 0 unspecified atom stereocenters. The molecule has 0 radical (unpaired) electrons. The molecular weight excluding hydrogens is 272 g/mol. The summed E-state index contributed by atoms with van der Waals surface area (Å²) < 4.78 is 4.29. The van der Waals surface area contributed by atoms with Crippen molar-refractivity contribution in [3.63, 3.8) is 0 Å². The molecule has 5 nitrogen and oxygen atoms in total. The monoisotopic (exact) mass is 282 g/mol. The molecule has 2 aliphatic rings. The Morgan fingerprint density at radius 3 is 2.67 bits per heavy atom. The van der Waals surface area contributed by atoms with Crippen molar-refractivity contribution >= 4 is 40.0 Å². The molecule has 1 saturated carbocycles. The second kappa shape index (κ2) is 3.61. The Hall–Kier alpha value is -1.27. The number of carbonyl (C=O) groups excluding carboxylic acids is 1. The van der Waals surface area contributed by atoms with Gasteiger partial charge in [-0.15, -0.1) is 0 Å². The Balaban J connectivity index is 1.95. The van der Waals surface area contributed by atoms with Crippen molar-refractivity contribution < 1.29 is 4.79 Å². The smallest absolute Gasteiger partial charge is 0.263 e. The molecule has 0 bridgehead atoms. The maximum Gasteiger partial charge on any atom is 0.263 e.